The molecule has 1 fully saturated rings. The summed E-state index contributed by atoms with van der Waals surface area (Å²) in [4.78, 5) is 4.19. The summed E-state index contributed by atoms with van der Waals surface area (Å²) in [5.41, 5.74) is 5.90. The van der Waals surface area contributed by atoms with Crippen molar-refractivity contribution in [2.75, 3.05) is 13.1 Å². The lowest BCUT2D eigenvalue weighted by Crippen LogP contribution is -2.45. The fraction of sp³-hybridized carbons (Fsp3) is 0.533. The van der Waals surface area contributed by atoms with E-state index in [1.807, 2.05) is 6.92 Å². The maximum Gasteiger partial charge on any atom is 0.244 e. The van der Waals surface area contributed by atoms with Gasteiger partial charge in [-0.1, -0.05) is 18.8 Å². The molecule has 0 amide bonds. The van der Waals surface area contributed by atoms with E-state index in [0.717, 1.165) is 12.8 Å². The lowest BCUT2D eigenvalue weighted by Gasteiger charge is -2.36. The predicted molar refractivity (Wildman–Crippen MR) is 81.9 cm³/mol. The molecule has 1 aliphatic rings. The Morgan fingerprint density at radius 1 is 1.43 bits per heavy atom. The Morgan fingerprint density at radius 3 is 2.90 bits per heavy atom. The zero-order chi connectivity index (χ0) is 15.5. The molecule has 0 radical (unpaired) electrons. The van der Waals surface area contributed by atoms with Gasteiger partial charge in [-0.05, 0) is 31.7 Å². The van der Waals surface area contributed by atoms with Crippen LogP contribution in [0.3, 0.4) is 0 Å². The first-order valence-electron chi connectivity index (χ1n) is 7.12. The van der Waals surface area contributed by atoms with Crippen LogP contribution < -0.4 is 5.73 Å². The molecule has 1 saturated heterocycles. The molecule has 6 heteroatoms. The molecular formula is C15H21N3O2S. The fourth-order valence-electron chi connectivity index (χ4n) is 2.55. The van der Waals surface area contributed by atoms with Gasteiger partial charge in [-0.15, -0.1) is 0 Å². The number of sulfonamides is 1. The predicted octanol–water partition coefficient (Wildman–Crippen LogP) is 1.20. The SMILES string of the molecule is CC1CCCN(S(=O)(=O)c2cncc(C#CCN)c2)C1C. The van der Waals surface area contributed by atoms with Crippen molar-refractivity contribution in [2.45, 2.75) is 37.6 Å². The summed E-state index contributed by atoms with van der Waals surface area (Å²) in [5, 5.41) is 0. The highest BCUT2D eigenvalue weighted by atomic mass is 32.2. The van der Waals surface area contributed by atoms with Crippen molar-refractivity contribution >= 4 is 10.0 Å². The number of pyridine rings is 1. The van der Waals surface area contributed by atoms with E-state index >= 15 is 0 Å². The molecule has 0 aromatic carbocycles. The summed E-state index contributed by atoms with van der Waals surface area (Å²) < 4.78 is 27.1. The zero-order valence-electron chi connectivity index (χ0n) is 12.4. The molecule has 114 valence electrons. The average molecular weight is 307 g/mol. The van der Waals surface area contributed by atoms with Gasteiger partial charge in [0.1, 0.15) is 4.90 Å². The third-order valence-electron chi connectivity index (χ3n) is 3.97. The lowest BCUT2D eigenvalue weighted by atomic mass is 9.94. The molecule has 2 heterocycles. The van der Waals surface area contributed by atoms with Gasteiger partial charge in [0.2, 0.25) is 10.0 Å². The molecule has 0 spiro atoms. The zero-order valence-corrected chi connectivity index (χ0v) is 13.2. The van der Waals surface area contributed by atoms with E-state index in [2.05, 4.69) is 23.7 Å². The number of rotatable bonds is 2. The van der Waals surface area contributed by atoms with E-state index in [4.69, 9.17) is 5.73 Å². The van der Waals surface area contributed by atoms with Crippen molar-refractivity contribution in [1.82, 2.24) is 9.29 Å². The van der Waals surface area contributed by atoms with Crippen LogP contribution in [0.2, 0.25) is 0 Å². The van der Waals surface area contributed by atoms with Crippen LogP contribution in [0.4, 0.5) is 0 Å². The minimum atomic E-state index is -3.52. The number of piperidine rings is 1. The maximum absolute atomic E-state index is 12.8. The van der Waals surface area contributed by atoms with Crippen LogP contribution >= 0.6 is 0 Å². The quantitative estimate of drug-likeness (QED) is 0.833. The summed E-state index contributed by atoms with van der Waals surface area (Å²) >= 11 is 0. The monoisotopic (exact) mass is 307 g/mol. The third-order valence-corrected chi connectivity index (χ3v) is 5.92. The van der Waals surface area contributed by atoms with Crippen molar-refractivity contribution in [3.05, 3.63) is 24.0 Å². The lowest BCUT2D eigenvalue weighted by molar-refractivity contribution is 0.202. The smallest absolute Gasteiger partial charge is 0.244 e. The first-order valence-corrected chi connectivity index (χ1v) is 8.56. The Balaban J connectivity index is 2.35. The molecule has 2 atom stereocenters. The number of nitrogens with two attached hydrogens (primary N) is 1. The van der Waals surface area contributed by atoms with Gasteiger partial charge < -0.3 is 5.73 Å². The van der Waals surface area contributed by atoms with Crippen LogP contribution in [0.5, 0.6) is 0 Å². The molecular weight excluding hydrogens is 286 g/mol. The summed E-state index contributed by atoms with van der Waals surface area (Å²) in [6.45, 7) is 4.85. The van der Waals surface area contributed by atoms with E-state index in [1.54, 1.807) is 16.6 Å². The molecule has 1 aromatic heterocycles. The van der Waals surface area contributed by atoms with Crippen molar-refractivity contribution in [3.8, 4) is 11.8 Å². The molecule has 21 heavy (non-hydrogen) atoms. The Hall–Kier alpha value is -1.42. The van der Waals surface area contributed by atoms with Crippen molar-refractivity contribution in [2.24, 2.45) is 11.7 Å². The van der Waals surface area contributed by atoms with E-state index in [-0.39, 0.29) is 17.5 Å². The second-order valence-electron chi connectivity index (χ2n) is 5.39. The molecule has 2 N–H and O–H groups in total. The maximum atomic E-state index is 12.8. The molecule has 1 aliphatic heterocycles. The van der Waals surface area contributed by atoms with Crippen molar-refractivity contribution in [3.63, 3.8) is 0 Å². The minimum Gasteiger partial charge on any atom is -0.320 e. The van der Waals surface area contributed by atoms with Gasteiger partial charge in [-0.25, -0.2) is 8.42 Å². The summed E-state index contributed by atoms with van der Waals surface area (Å²) in [6, 6.07) is 1.57. The first-order chi connectivity index (χ1) is 9.96. The highest BCUT2D eigenvalue weighted by Crippen LogP contribution is 2.28. The van der Waals surface area contributed by atoms with Crippen LogP contribution in [-0.2, 0) is 10.0 Å². The summed E-state index contributed by atoms with van der Waals surface area (Å²) in [7, 11) is -3.52. The molecule has 2 unspecified atom stereocenters. The molecule has 1 aromatic rings. The number of hydrogen-bond donors (Lipinski definition) is 1. The number of hydrogen-bond acceptors (Lipinski definition) is 4. The fourth-order valence-corrected chi connectivity index (χ4v) is 4.31. The van der Waals surface area contributed by atoms with Gasteiger partial charge in [0.15, 0.2) is 0 Å². The molecule has 0 aliphatic carbocycles. The van der Waals surface area contributed by atoms with E-state index in [9.17, 15) is 8.42 Å². The topological polar surface area (TPSA) is 76.3 Å². The van der Waals surface area contributed by atoms with Gasteiger partial charge in [-0.2, -0.15) is 4.31 Å². The second kappa shape index (κ2) is 6.56. The number of aromatic nitrogens is 1. The van der Waals surface area contributed by atoms with Gasteiger partial charge >= 0.3 is 0 Å². The van der Waals surface area contributed by atoms with Crippen LogP contribution in [0.1, 0.15) is 32.3 Å². The van der Waals surface area contributed by atoms with Gasteiger partial charge in [0, 0.05) is 30.5 Å². The van der Waals surface area contributed by atoms with Gasteiger partial charge in [-0.3, -0.25) is 4.98 Å². The van der Waals surface area contributed by atoms with Gasteiger partial charge in [0.25, 0.3) is 0 Å². The molecule has 0 saturated carbocycles. The Morgan fingerprint density at radius 2 is 2.19 bits per heavy atom. The second-order valence-corrected chi connectivity index (χ2v) is 7.28. The highest BCUT2D eigenvalue weighted by Gasteiger charge is 2.34. The van der Waals surface area contributed by atoms with Crippen LogP contribution in [0, 0.1) is 17.8 Å². The van der Waals surface area contributed by atoms with Crippen LogP contribution in [0.15, 0.2) is 23.4 Å². The highest BCUT2D eigenvalue weighted by molar-refractivity contribution is 7.89. The van der Waals surface area contributed by atoms with Crippen LogP contribution in [-0.4, -0.2) is 36.8 Å². The third kappa shape index (κ3) is 3.43. The van der Waals surface area contributed by atoms with Crippen molar-refractivity contribution < 1.29 is 8.42 Å². The molecule has 5 nitrogen and oxygen atoms in total. The molecule has 2 rings (SSSR count). The standard InChI is InChI=1S/C15H21N3O2S/c1-12-5-4-8-18(13(12)2)21(19,20)15-9-14(6-3-7-16)10-17-11-15/h9-13H,4-5,7-8,16H2,1-2H3. The Bertz CT molecular complexity index is 661. The summed E-state index contributed by atoms with van der Waals surface area (Å²) in [6.07, 6.45) is 4.89. The number of nitrogens with zero attached hydrogens (tertiary/aromatic N) is 2. The normalized spacial score (nSPS) is 23.4. The van der Waals surface area contributed by atoms with E-state index in [1.165, 1.54) is 6.20 Å². The van der Waals surface area contributed by atoms with E-state index < -0.39 is 10.0 Å². The average Bonchev–Trinajstić information content (AvgIpc) is 2.48. The minimum absolute atomic E-state index is 0.00234. The van der Waals surface area contributed by atoms with E-state index in [0.29, 0.717) is 18.0 Å². The molecule has 0 bridgehead atoms. The Kier molecular flexibility index (Phi) is 4.99. The van der Waals surface area contributed by atoms with Gasteiger partial charge in [0.05, 0.1) is 6.54 Å². The first kappa shape index (κ1) is 16.0. The van der Waals surface area contributed by atoms with Crippen LogP contribution in [0.25, 0.3) is 0 Å². The largest absolute Gasteiger partial charge is 0.320 e. The van der Waals surface area contributed by atoms with Crippen molar-refractivity contribution in [1.29, 1.82) is 0 Å². The Labute approximate surface area is 126 Å². The summed E-state index contributed by atoms with van der Waals surface area (Å²) in [5.74, 6) is 5.89.